The summed E-state index contributed by atoms with van der Waals surface area (Å²) in [6.07, 6.45) is 2.64. The maximum Gasteiger partial charge on any atom is 0.222 e. The SMILES string of the molecule is CCCCC(=O)N1CC(C)(O)C1. The molecule has 1 fully saturated rings. The zero-order valence-corrected chi connectivity index (χ0v) is 7.84. The highest BCUT2D eigenvalue weighted by Gasteiger charge is 2.38. The van der Waals surface area contributed by atoms with E-state index in [4.69, 9.17) is 0 Å². The van der Waals surface area contributed by atoms with E-state index < -0.39 is 5.60 Å². The molecular formula is C9H17NO2. The molecule has 1 rings (SSSR count). The van der Waals surface area contributed by atoms with Gasteiger partial charge in [0.25, 0.3) is 0 Å². The predicted octanol–water partition coefficient (Wildman–Crippen LogP) is 0.770. The quantitative estimate of drug-likeness (QED) is 0.681. The monoisotopic (exact) mass is 171 g/mol. The summed E-state index contributed by atoms with van der Waals surface area (Å²) in [6, 6.07) is 0. The molecule has 70 valence electrons. The van der Waals surface area contributed by atoms with Crippen molar-refractivity contribution in [2.24, 2.45) is 0 Å². The minimum Gasteiger partial charge on any atom is -0.386 e. The van der Waals surface area contributed by atoms with Crippen LogP contribution in [0.2, 0.25) is 0 Å². The molecule has 3 nitrogen and oxygen atoms in total. The second-order valence-corrected chi connectivity index (χ2v) is 3.85. The summed E-state index contributed by atoms with van der Waals surface area (Å²) in [5.74, 6) is 0.184. The summed E-state index contributed by atoms with van der Waals surface area (Å²) < 4.78 is 0. The van der Waals surface area contributed by atoms with Gasteiger partial charge < -0.3 is 10.0 Å². The number of carbonyl (C=O) groups is 1. The lowest BCUT2D eigenvalue weighted by Crippen LogP contribution is -2.61. The zero-order valence-electron chi connectivity index (χ0n) is 7.84. The largest absolute Gasteiger partial charge is 0.386 e. The number of aliphatic hydroxyl groups is 1. The molecule has 3 heteroatoms. The Balaban J connectivity index is 2.19. The Bertz CT molecular complexity index is 169. The van der Waals surface area contributed by atoms with Gasteiger partial charge in [-0.2, -0.15) is 0 Å². The maximum atomic E-state index is 11.3. The van der Waals surface area contributed by atoms with Crippen molar-refractivity contribution in [1.29, 1.82) is 0 Å². The molecule has 0 spiro atoms. The molecule has 0 radical (unpaired) electrons. The molecule has 0 bridgehead atoms. The van der Waals surface area contributed by atoms with Crippen molar-refractivity contribution in [2.45, 2.75) is 38.7 Å². The molecule has 0 atom stereocenters. The van der Waals surface area contributed by atoms with Crippen molar-refractivity contribution in [1.82, 2.24) is 4.90 Å². The van der Waals surface area contributed by atoms with Gasteiger partial charge in [-0.05, 0) is 13.3 Å². The Hall–Kier alpha value is -0.570. The third-order valence-corrected chi connectivity index (χ3v) is 2.16. The fourth-order valence-corrected chi connectivity index (χ4v) is 1.44. The van der Waals surface area contributed by atoms with Crippen molar-refractivity contribution < 1.29 is 9.90 Å². The topological polar surface area (TPSA) is 40.5 Å². The molecule has 0 aromatic rings. The van der Waals surface area contributed by atoms with Crippen LogP contribution in [0.5, 0.6) is 0 Å². The minimum atomic E-state index is -0.623. The van der Waals surface area contributed by atoms with Crippen LogP contribution < -0.4 is 0 Å². The highest BCUT2D eigenvalue weighted by molar-refractivity contribution is 5.77. The summed E-state index contributed by atoms with van der Waals surface area (Å²) in [6.45, 7) is 4.85. The highest BCUT2D eigenvalue weighted by Crippen LogP contribution is 2.20. The van der Waals surface area contributed by atoms with Crippen LogP contribution in [0.25, 0.3) is 0 Å². The average Bonchev–Trinajstić information content (AvgIpc) is 1.95. The maximum absolute atomic E-state index is 11.3. The third-order valence-electron chi connectivity index (χ3n) is 2.16. The van der Waals surface area contributed by atoms with Crippen molar-refractivity contribution in [3.63, 3.8) is 0 Å². The number of hydrogen-bond acceptors (Lipinski definition) is 2. The van der Waals surface area contributed by atoms with E-state index in [1.165, 1.54) is 0 Å². The van der Waals surface area contributed by atoms with Gasteiger partial charge in [-0.3, -0.25) is 4.79 Å². The lowest BCUT2D eigenvalue weighted by atomic mass is 9.96. The number of likely N-dealkylation sites (tertiary alicyclic amines) is 1. The first-order chi connectivity index (χ1) is 5.55. The summed E-state index contributed by atoms with van der Waals surface area (Å²) in [5.41, 5.74) is -0.623. The molecule has 12 heavy (non-hydrogen) atoms. The predicted molar refractivity (Wildman–Crippen MR) is 46.7 cm³/mol. The molecule has 0 saturated carbocycles. The number of hydrogen-bond donors (Lipinski definition) is 1. The van der Waals surface area contributed by atoms with Gasteiger partial charge >= 0.3 is 0 Å². The van der Waals surface area contributed by atoms with Crippen molar-refractivity contribution in [3.8, 4) is 0 Å². The van der Waals surface area contributed by atoms with E-state index in [1.54, 1.807) is 11.8 Å². The first kappa shape index (κ1) is 9.52. The second-order valence-electron chi connectivity index (χ2n) is 3.85. The van der Waals surface area contributed by atoms with Gasteiger partial charge in [-0.15, -0.1) is 0 Å². The standard InChI is InChI=1S/C9H17NO2/c1-3-4-5-8(11)10-6-9(2,12)7-10/h12H,3-7H2,1-2H3. The lowest BCUT2D eigenvalue weighted by molar-refractivity contribution is -0.152. The van der Waals surface area contributed by atoms with Gasteiger partial charge in [0.1, 0.15) is 0 Å². The smallest absolute Gasteiger partial charge is 0.222 e. The Morgan fingerprint density at radius 1 is 1.58 bits per heavy atom. The number of nitrogens with zero attached hydrogens (tertiary/aromatic N) is 1. The highest BCUT2D eigenvalue weighted by atomic mass is 16.3. The van der Waals surface area contributed by atoms with Gasteiger partial charge in [0.15, 0.2) is 0 Å². The van der Waals surface area contributed by atoms with Gasteiger partial charge in [-0.25, -0.2) is 0 Å². The van der Waals surface area contributed by atoms with Crippen LogP contribution in [0.3, 0.4) is 0 Å². The van der Waals surface area contributed by atoms with Gasteiger partial charge in [0.05, 0.1) is 18.7 Å². The summed E-state index contributed by atoms with van der Waals surface area (Å²) in [5, 5.41) is 9.36. The molecule has 1 heterocycles. The van der Waals surface area contributed by atoms with Gasteiger partial charge in [0, 0.05) is 6.42 Å². The van der Waals surface area contributed by atoms with E-state index in [1.807, 2.05) is 0 Å². The van der Waals surface area contributed by atoms with E-state index >= 15 is 0 Å². The van der Waals surface area contributed by atoms with Crippen LogP contribution in [-0.4, -0.2) is 34.6 Å². The van der Waals surface area contributed by atoms with Crippen LogP contribution in [-0.2, 0) is 4.79 Å². The number of rotatable bonds is 3. The summed E-state index contributed by atoms with van der Waals surface area (Å²) >= 11 is 0. The normalized spacial score (nSPS) is 20.4. The number of unbranched alkanes of at least 4 members (excludes halogenated alkanes) is 1. The fraction of sp³-hybridized carbons (Fsp3) is 0.889. The van der Waals surface area contributed by atoms with E-state index in [-0.39, 0.29) is 5.91 Å². The molecule has 1 N–H and O–H groups in total. The van der Waals surface area contributed by atoms with Crippen LogP contribution in [0.15, 0.2) is 0 Å². The summed E-state index contributed by atoms with van der Waals surface area (Å²) in [7, 11) is 0. The second kappa shape index (κ2) is 3.44. The van der Waals surface area contributed by atoms with Crippen LogP contribution >= 0.6 is 0 Å². The molecule has 0 aromatic heterocycles. The van der Waals surface area contributed by atoms with Gasteiger partial charge in [-0.1, -0.05) is 13.3 Å². The Morgan fingerprint density at radius 3 is 2.58 bits per heavy atom. The minimum absolute atomic E-state index is 0.184. The van der Waals surface area contributed by atoms with Crippen LogP contribution in [0.4, 0.5) is 0 Å². The first-order valence-corrected chi connectivity index (χ1v) is 4.55. The van der Waals surface area contributed by atoms with E-state index in [9.17, 15) is 9.90 Å². The molecule has 0 aliphatic carbocycles. The molecule has 1 aliphatic rings. The van der Waals surface area contributed by atoms with Gasteiger partial charge in [0.2, 0.25) is 5.91 Å². The Labute approximate surface area is 73.4 Å². The zero-order chi connectivity index (χ0) is 9.19. The lowest BCUT2D eigenvalue weighted by Gasteiger charge is -2.44. The van der Waals surface area contributed by atoms with Crippen molar-refractivity contribution >= 4 is 5.91 Å². The van der Waals surface area contributed by atoms with Crippen LogP contribution in [0, 0.1) is 0 Å². The van der Waals surface area contributed by atoms with E-state index in [0.717, 1.165) is 12.8 Å². The number of carbonyl (C=O) groups excluding carboxylic acids is 1. The van der Waals surface area contributed by atoms with E-state index in [2.05, 4.69) is 6.92 Å². The Kier molecular flexibility index (Phi) is 2.73. The van der Waals surface area contributed by atoms with Crippen molar-refractivity contribution in [2.75, 3.05) is 13.1 Å². The fourth-order valence-electron chi connectivity index (χ4n) is 1.44. The first-order valence-electron chi connectivity index (χ1n) is 4.55. The molecule has 1 saturated heterocycles. The number of amides is 1. The number of β-amino-alcohol motifs (C(OH)–C–C–N with tert-alkyl or cyclic N) is 1. The van der Waals surface area contributed by atoms with Crippen molar-refractivity contribution in [3.05, 3.63) is 0 Å². The molecule has 1 amide bonds. The molecule has 0 aromatic carbocycles. The molecule has 1 aliphatic heterocycles. The third kappa shape index (κ3) is 2.21. The average molecular weight is 171 g/mol. The van der Waals surface area contributed by atoms with Crippen LogP contribution in [0.1, 0.15) is 33.1 Å². The summed E-state index contributed by atoms with van der Waals surface area (Å²) in [4.78, 5) is 13.0. The van der Waals surface area contributed by atoms with E-state index in [0.29, 0.717) is 19.5 Å². The Morgan fingerprint density at radius 2 is 2.17 bits per heavy atom. The molecular weight excluding hydrogens is 154 g/mol. The molecule has 0 unspecified atom stereocenters.